The molecular formula is C17H25N5O2S. The van der Waals surface area contributed by atoms with Gasteiger partial charge in [0.1, 0.15) is 9.84 Å². The van der Waals surface area contributed by atoms with Crippen LogP contribution >= 0.6 is 0 Å². The fourth-order valence-corrected chi connectivity index (χ4v) is 2.77. The largest absolute Gasteiger partial charge is 0.357 e. The van der Waals surface area contributed by atoms with Crippen molar-refractivity contribution in [1.29, 1.82) is 0 Å². The number of hydrogen-bond donors (Lipinski definition) is 2. The quantitative estimate of drug-likeness (QED) is 0.540. The highest BCUT2D eigenvalue weighted by Crippen LogP contribution is 2.11. The lowest BCUT2D eigenvalue weighted by molar-refractivity contribution is 0.600. The number of nitrogens with zero attached hydrogens (tertiary/aromatic N) is 3. The molecule has 25 heavy (non-hydrogen) atoms. The Morgan fingerprint density at radius 3 is 2.60 bits per heavy atom. The summed E-state index contributed by atoms with van der Waals surface area (Å²) in [4.78, 5) is 4.56. The van der Waals surface area contributed by atoms with Crippen LogP contribution in [0.1, 0.15) is 18.1 Å². The molecule has 2 rings (SSSR count). The van der Waals surface area contributed by atoms with E-state index in [4.69, 9.17) is 0 Å². The second kappa shape index (κ2) is 9.22. The number of aromatic nitrogens is 2. The average molecular weight is 363 g/mol. The molecule has 0 saturated heterocycles. The zero-order valence-corrected chi connectivity index (χ0v) is 15.5. The highest BCUT2D eigenvalue weighted by molar-refractivity contribution is 7.90. The van der Waals surface area contributed by atoms with Crippen molar-refractivity contribution in [2.75, 3.05) is 25.1 Å². The number of guanidine groups is 1. The van der Waals surface area contributed by atoms with Crippen molar-refractivity contribution < 1.29 is 8.42 Å². The molecule has 7 nitrogen and oxygen atoms in total. The van der Waals surface area contributed by atoms with Gasteiger partial charge in [0.25, 0.3) is 0 Å². The van der Waals surface area contributed by atoms with Gasteiger partial charge >= 0.3 is 0 Å². The first-order valence-electron chi connectivity index (χ1n) is 8.22. The van der Waals surface area contributed by atoms with E-state index in [0.29, 0.717) is 32.1 Å². The summed E-state index contributed by atoms with van der Waals surface area (Å²) in [7, 11) is -2.99. The Bertz CT molecular complexity index is 785. The van der Waals surface area contributed by atoms with Crippen LogP contribution < -0.4 is 10.6 Å². The Morgan fingerprint density at radius 2 is 1.96 bits per heavy atom. The molecule has 0 aliphatic carbocycles. The van der Waals surface area contributed by atoms with E-state index in [0.717, 1.165) is 11.1 Å². The van der Waals surface area contributed by atoms with E-state index in [1.54, 1.807) is 6.20 Å². The molecule has 0 amide bonds. The highest BCUT2D eigenvalue weighted by atomic mass is 32.2. The Hall–Kier alpha value is -2.35. The van der Waals surface area contributed by atoms with E-state index >= 15 is 0 Å². The predicted molar refractivity (Wildman–Crippen MR) is 100 cm³/mol. The van der Waals surface area contributed by atoms with Crippen molar-refractivity contribution in [1.82, 2.24) is 20.4 Å². The maximum atomic E-state index is 11.2. The number of nitrogens with one attached hydrogen (secondary N) is 2. The van der Waals surface area contributed by atoms with Gasteiger partial charge in [-0.3, -0.25) is 4.68 Å². The molecular weight excluding hydrogens is 338 g/mol. The average Bonchev–Trinajstić information content (AvgIpc) is 3.05. The molecule has 1 aromatic heterocycles. The molecule has 0 spiro atoms. The van der Waals surface area contributed by atoms with Crippen LogP contribution in [0.2, 0.25) is 0 Å². The van der Waals surface area contributed by atoms with Crippen LogP contribution in [0.3, 0.4) is 0 Å². The molecule has 0 radical (unpaired) electrons. The number of hydrogen-bond acceptors (Lipinski definition) is 4. The van der Waals surface area contributed by atoms with Crippen LogP contribution in [0.25, 0.3) is 0 Å². The number of aliphatic imine (C=N–C) groups is 1. The fourth-order valence-electron chi connectivity index (χ4n) is 2.30. The molecule has 136 valence electrons. The van der Waals surface area contributed by atoms with Gasteiger partial charge in [0.05, 0.1) is 18.8 Å². The van der Waals surface area contributed by atoms with Crippen LogP contribution in [0.5, 0.6) is 0 Å². The van der Waals surface area contributed by atoms with E-state index in [1.165, 1.54) is 6.26 Å². The van der Waals surface area contributed by atoms with Gasteiger partial charge in [-0.2, -0.15) is 5.10 Å². The molecule has 0 aliphatic heterocycles. The van der Waals surface area contributed by atoms with Gasteiger partial charge in [0, 0.05) is 31.7 Å². The normalized spacial score (nSPS) is 12.2. The molecule has 0 unspecified atom stereocenters. The first-order chi connectivity index (χ1) is 12.0. The topological polar surface area (TPSA) is 88.4 Å². The summed E-state index contributed by atoms with van der Waals surface area (Å²) in [5, 5.41) is 10.4. The predicted octanol–water partition coefficient (Wildman–Crippen LogP) is 1.03. The molecule has 8 heteroatoms. The zero-order chi connectivity index (χ0) is 18.1. The Kier molecular flexibility index (Phi) is 7.00. The van der Waals surface area contributed by atoms with Gasteiger partial charge in [-0.05, 0) is 24.1 Å². The van der Waals surface area contributed by atoms with E-state index in [9.17, 15) is 8.42 Å². The van der Waals surface area contributed by atoms with Crippen molar-refractivity contribution in [3.63, 3.8) is 0 Å². The summed E-state index contributed by atoms with van der Waals surface area (Å²) in [6.07, 6.45) is 4.91. The molecule has 0 saturated carbocycles. The van der Waals surface area contributed by atoms with Crippen molar-refractivity contribution >= 4 is 15.8 Å². The summed E-state index contributed by atoms with van der Waals surface area (Å²) >= 11 is 0. The lowest BCUT2D eigenvalue weighted by Gasteiger charge is -2.12. The second-order valence-electron chi connectivity index (χ2n) is 5.72. The van der Waals surface area contributed by atoms with Crippen LogP contribution in [-0.4, -0.2) is 49.3 Å². The third kappa shape index (κ3) is 6.96. The van der Waals surface area contributed by atoms with Crippen LogP contribution in [0.15, 0.2) is 47.7 Å². The highest BCUT2D eigenvalue weighted by Gasteiger charge is 2.05. The maximum absolute atomic E-state index is 11.2. The summed E-state index contributed by atoms with van der Waals surface area (Å²) in [6, 6.07) is 10.00. The van der Waals surface area contributed by atoms with Gasteiger partial charge < -0.3 is 10.6 Å². The Morgan fingerprint density at radius 1 is 1.20 bits per heavy atom. The smallest absolute Gasteiger partial charge is 0.191 e. The van der Waals surface area contributed by atoms with Gasteiger partial charge in [-0.25, -0.2) is 13.4 Å². The SMILES string of the molecule is CCNC(=NCc1ccccc1Cn1cccn1)NCCS(C)(=O)=O. The third-order valence-corrected chi connectivity index (χ3v) is 4.47. The molecule has 2 aromatic rings. The van der Waals surface area contributed by atoms with E-state index in [-0.39, 0.29) is 5.75 Å². The van der Waals surface area contributed by atoms with Crippen molar-refractivity contribution in [2.45, 2.75) is 20.0 Å². The third-order valence-electron chi connectivity index (χ3n) is 3.53. The lowest BCUT2D eigenvalue weighted by atomic mass is 10.1. The second-order valence-corrected chi connectivity index (χ2v) is 7.98. The monoisotopic (exact) mass is 363 g/mol. The van der Waals surface area contributed by atoms with E-state index in [2.05, 4.69) is 26.8 Å². The first kappa shape index (κ1) is 19.0. The summed E-state index contributed by atoms with van der Waals surface area (Å²) in [5.41, 5.74) is 2.26. The van der Waals surface area contributed by atoms with Crippen LogP contribution in [0.4, 0.5) is 0 Å². The standard InChI is InChI=1S/C17H25N5O2S/c1-3-18-17(19-10-12-25(2,23)24)20-13-15-7-4-5-8-16(15)14-22-11-6-9-21-22/h4-9,11H,3,10,12-14H2,1-2H3,(H2,18,19,20). The van der Waals surface area contributed by atoms with Gasteiger partial charge in [0.2, 0.25) is 0 Å². The molecule has 1 aromatic carbocycles. The Labute approximate surface area is 149 Å². The number of sulfone groups is 1. The molecule has 1 heterocycles. The minimum Gasteiger partial charge on any atom is -0.357 e. The van der Waals surface area contributed by atoms with E-state index < -0.39 is 9.84 Å². The minimum atomic E-state index is -2.99. The van der Waals surface area contributed by atoms with Crippen molar-refractivity contribution in [3.8, 4) is 0 Å². The molecule has 0 bridgehead atoms. The van der Waals surface area contributed by atoms with E-state index in [1.807, 2.05) is 42.1 Å². The first-order valence-corrected chi connectivity index (χ1v) is 10.3. The summed E-state index contributed by atoms with van der Waals surface area (Å²) < 4.78 is 24.3. The molecule has 0 fully saturated rings. The Balaban J connectivity index is 2.04. The summed E-state index contributed by atoms with van der Waals surface area (Å²) in [5.74, 6) is 0.688. The maximum Gasteiger partial charge on any atom is 0.191 e. The minimum absolute atomic E-state index is 0.0767. The molecule has 2 N–H and O–H groups in total. The lowest BCUT2D eigenvalue weighted by Crippen LogP contribution is -2.39. The number of benzene rings is 1. The van der Waals surface area contributed by atoms with Crippen molar-refractivity contribution in [2.24, 2.45) is 4.99 Å². The summed E-state index contributed by atoms with van der Waals surface area (Å²) in [6.45, 7) is 4.21. The van der Waals surface area contributed by atoms with Crippen molar-refractivity contribution in [3.05, 3.63) is 53.9 Å². The molecule has 0 aliphatic rings. The molecule has 0 atom stereocenters. The van der Waals surface area contributed by atoms with Crippen LogP contribution in [0, 0.1) is 0 Å². The zero-order valence-electron chi connectivity index (χ0n) is 14.6. The van der Waals surface area contributed by atoms with Gasteiger partial charge in [-0.15, -0.1) is 0 Å². The number of rotatable bonds is 8. The van der Waals surface area contributed by atoms with Gasteiger partial charge in [0.15, 0.2) is 5.96 Å². The fraction of sp³-hybridized carbons (Fsp3) is 0.412. The van der Waals surface area contributed by atoms with Crippen LogP contribution in [-0.2, 0) is 22.9 Å². The van der Waals surface area contributed by atoms with Gasteiger partial charge in [-0.1, -0.05) is 24.3 Å².